The fraction of sp³-hybridized carbons (Fsp3) is 0.0625. The molecule has 0 fully saturated rings. The lowest BCUT2D eigenvalue weighted by Crippen LogP contribution is -2.21. The molecule has 0 unspecified atom stereocenters. The Morgan fingerprint density at radius 2 is 1.52 bits per heavy atom. The van der Waals surface area contributed by atoms with Crippen molar-refractivity contribution in [1.29, 1.82) is 0 Å². The number of anilines is 1. The predicted octanol–water partition coefficient (Wildman–Crippen LogP) is 6.03. The summed E-state index contributed by atoms with van der Waals surface area (Å²) in [7, 11) is -2.69. The first-order valence-corrected chi connectivity index (χ1v) is 13.9. The molecular formula is C32H26N2O5S. The van der Waals surface area contributed by atoms with Gasteiger partial charge in [-0.25, -0.2) is 0 Å². The Morgan fingerprint density at radius 3 is 2.15 bits per heavy atom. The third kappa shape index (κ3) is 5.43. The van der Waals surface area contributed by atoms with Gasteiger partial charge in [0.05, 0.1) is 18.4 Å². The van der Waals surface area contributed by atoms with E-state index in [4.69, 9.17) is 8.92 Å². The zero-order valence-electron chi connectivity index (χ0n) is 21.7. The van der Waals surface area contributed by atoms with Crippen molar-refractivity contribution in [1.82, 2.24) is 0 Å². The standard InChI is InChI=1S/C32H26N2O5S/c1-3-13-25-20-23(22-29(38-2)31(25)39-40(36,37)27-18-11-6-12-19-27)21-28-30(24-14-7-4-8-15-24)33-34(32(28)35)26-16-9-5-10-17-26/h3-12,14-22H,1,13H2,2H3/b28-21-. The molecule has 0 saturated carbocycles. The molecule has 0 atom stereocenters. The van der Waals surface area contributed by atoms with Crippen molar-refractivity contribution >= 4 is 33.5 Å². The van der Waals surface area contributed by atoms with Gasteiger partial charge >= 0.3 is 10.1 Å². The Bertz CT molecular complexity index is 1720. The van der Waals surface area contributed by atoms with Crippen LogP contribution in [0.15, 0.2) is 131 Å². The summed E-state index contributed by atoms with van der Waals surface area (Å²) in [5.41, 5.74) is 3.47. The molecule has 40 heavy (non-hydrogen) atoms. The van der Waals surface area contributed by atoms with Gasteiger partial charge in [-0.2, -0.15) is 18.5 Å². The number of methoxy groups -OCH3 is 1. The van der Waals surface area contributed by atoms with Crippen molar-refractivity contribution in [3.05, 3.63) is 138 Å². The third-order valence-electron chi connectivity index (χ3n) is 6.20. The van der Waals surface area contributed by atoms with Crippen LogP contribution in [0, 0.1) is 0 Å². The molecule has 5 rings (SSSR count). The predicted molar refractivity (Wildman–Crippen MR) is 156 cm³/mol. The number of carbonyl (C=O) groups excluding carboxylic acids is 1. The van der Waals surface area contributed by atoms with Crippen molar-refractivity contribution in [2.45, 2.75) is 11.3 Å². The Labute approximate surface area is 233 Å². The van der Waals surface area contributed by atoms with E-state index in [1.54, 1.807) is 42.5 Å². The Balaban J connectivity index is 1.60. The highest BCUT2D eigenvalue weighted by Gasteiger charge is 2.32. The SMILES string of the molecule is C=CCc1cc(/C=C2\C(=O)N(c3ccccc3)N=C2c2ccccc2)cc(OC)c1OS(=O)(=O)c1ccccc1. The van der Waals surface area contributed by atoms with Gasteiger partial charge in [-0.05, 0) is 54.5 Å². The van der Waals surface area contributed by atoms with E-state index in [1.807, 2.05) is 60.7 Å². The minimum absolute atomic E-state index is 0.0223. The van der Waals surface area contributed by atoms with Crippen molar-refractivity contribution in [2.75, 3.05) is 12.1 Å². The summed E-state index contributed by atoms with van der Waals surface area (Å²) in [6.45, 7) is 3.81. The minimum Gasteiger partial charge on any atom is -0.493 e. The molecule has 1 aliphatic rings. The van der Waals surface area contributed by atoms with E-state index < -0.39 is 10.1 Å². The average molecular weight is 551 g/mol. The lowest BCUT2D eigenvalue weighted by Gasteiger charge is -2.16. The van der Waals surface area contributed by atoms with Gasteiger partial charge in [-0.3, -0.25) is 4.79 Å². The van der Waals surface area contributed by atoms with Crippen LogP contribution in [-0.4, -0.2) is 27.1 Å². The summed E-state index contributed by atoms with van der Waals surface area (Å²) >= 11 is 0. The Hall–Kier alpha value is -4.95. The van der Waals surface area contributed by atoms with E-state index in [0.29, 0.717) is 34.5 Å². The number of nitrogens with zero attached hydrogens (tertiary/aromatic N) is 2. The zero-order chi connectivity index (χ0) is 28.1. The Morgan fingerprint density at radius 1 is 0.900 bits per heavy atom. The highest BCUT2D eigenvalue weighted by atomic mass is 32.2. The van der Waals surface area contributed by atoms with Crippen molar-refractivity contribution in [3.8, 4) is 11.5 Å². The molecule has 0 saturated heterocycles. The molecule has 200 valence electrons. The van der Waals surface area contributed by atoms with Crippen LogP contribution < -0.4 is 13.9 Å². The van der Waals surface area contributed by atoms with Gasteiger partial charge in [0.2, 0.25) is 0 Å². The van der Waals surface area contributed by atoms with E-state index in [2.05, 4.69) is 11.7 Å². The number of hydrazone groups is 1. The van der Waals surface area contributed by atoms with E-state index in [9.17, 15) is 13.2 Å². The first kappa shape index (κ1) is 26.6. The van der Waals surface area contributed by atoms with Crippen LogP contribution in [0.25, 0.3) is 6.08 Å². The molecule has 0 bridgehead atoms. The first-order valence-electron chi connectivity index (χ1n) is 12.5. The molecule has 7 nitrogen and oxygen atoms in total. The molecule has 0 spiro atoms. The molecule has 8 heteroatoms. The van der Waals surface area contributed by atoms with Crippen molar-refractivity contribution in [3.63, 3.8) is 0 Å². The average Bonchev–Trinajstić information content (AvgIpc) is 3.31. The topological polar surface area (TPSA) is 85.3 Å². The number of hydrogen-bond donors (Lipinski definition) is 0. The van der Waals surface area contributed by atoms with Gasteiger partial charge in [-0.15, -0.1) is 6.58 Å². The van der Waals surface area contributed by atoms with Gasteiger partial charge in [0, 0.05) is 11.1 Å². The highest BCUT2D eigenvalue weighted by Crippen LogP contribution is 2.37. The molecule has 4 aromatic rings. The molecular weight excluding hydrogens is 524 g/mol. The maximum absolute atomic E-state index is 13.7. The van der Waals surface area contributed by atoms with Crippen LogP contribution in [0.1, 0.15) is 16.7 Å². The van der Waals surface area contributed by atoms with Crippen LogP contribution in [-0.2, 0) is 21.3 Å². The maximum atomic E-state index is 13.7. The number of para-hydroxylation sites is 1. The molecule has 1 heterocycles. The van der Waals surface area contributed by atoms with E-state index in [-0.39, 0.29) is 22.3 Å². The lowest BCUT2D eigenvalue weighted by atomic mass is 9.98. The van der Waals surface area contributed by atoms with Gasteiger partial charge in [0.25, 0.3) is 5.91 Å². The summed E-state index contributed by atoms with van der Waals surface area (Å²) in [5, 5.41) is 6.04. The second-order valence-electron chi connectivity index (χ2n) is 8.88. The fourth-order valence-corrected chi connectivity index (χ4v) is 5.33. The summed E-state index contributed by atoms with van der Waals surface area (Å²) in [6.07, 6.45) is 3.67. The largest absolute Gasteiger partial charge is 0.493 e. The highest BCUT2D eigenvalue weighted by molar-refractivity contribution is 7.87. The van der Waals surface area contributed by atoms with E-state index >= 15 is 0 Å². The number of hydrogen-bond acceptors (Lipinski definition) is 6. The second-order valence-corrected chi connectivity index (χ2v) is 10.4. The number of ether oxygens (including phenoxy) is 1. The number of rotatable bonds is 9. The molecule has 0 aromatic heterocycles. The summed E-state index contributed by atoms with van der Waals surface area (Å²) in [4.78, 5) is 13.7. The first-order chi connectivity index (χ1) is 19.4. The van der Waals surface area contributed by atoms with Crippen LogP contribution in [0.3, 0.4) is 0 Å². The van der Waals surface area contributed by atoms with Crippen molar-refractivity contribution in [2.24, 2.45) is 5.10 Å². The van der Waals surface area contributed by atoms with Crippen LogP contribution >= 0.6 is 0 Å². The number of allylic oxidation sites excluding steroid dienone is 1. The van der Waals surface area contributed by atoms with Crippen LogP contribution in [0.2, 0.25) is 0 Å². The molecule has 0 N–H and O–H groups in total. The van der Waals surface area contributed by atoms with Crippen molar-refractivity contribution < 1.29 is 22.1 Å². The Kier molecular flexibility index (Phi) is 7.61. The van der Waals surface area contributed by atoms with Gasteiger partial charge in [0.1, 0.15) is 10.6 Å². The molecule has 1 amide bonds. The number of benzene rings is 4. The zero-order valence-corrected chi connectivity index (χ0v) is 22.5. The molecule has 4 aromatic carbocycles. The van der Waals surface area contributed by atoms with Gasteiger partial charge < -0.3 is 8.92 Å². The summed E-state index contributed by atoms with van der Waals surface area (Å²) in [6, 6.07) is 29.9. The van der Waals surface area contributed by atoms with E-state index in [0.717, 1.165) is 5.56 Å². The van der Waals surface area contributed by atoms with Gasteiger partial charge in [-0.1, -0.05) is 72.8 Å². The lowest BCUT2D eigenvalue weighted by molar-refractivity contribution is -0.114. The minimum atomic E-state index is -4.12. The molecule has 0 aliphatic carbocycles. The quantitative estimate of drug-likeness (QED) is 0.144. The van der Waals surface area contributed by atoms with E-state index in [1.165, 1.54) is 24.3 Å². The monoisotopic (exact) mass is 550 g/mol. The van der Waals surface area contributed by atoms with Crippen LogP contribution in [0.5, 0.6) is 11.5 Å². The van der Waals surface area contributed by atoms with Crippen LogP contribution in [0.4, 0.5) is 5.69 Å². The molecule has 0 radical (unpaired) electrons. The summed E-state index contributed by atoms with van der Waals surface area (Å²) < 4.78 is 37.2. The fourth-order valence-electron chi connectivity index (χ4n) is 4.33. The smallest absolute Gasteiger partial charge is 0.339 e. The third-order valence-corrected chi connectivity index (χ3v) is 7.44. The van der Waals surface area contributed by atoms with Gasteiger partial charge in [0.15, 0.2) is 11.5 Å². The number of amides is 1. The maximum Gasteiger partial charge on any atom is 0.339 e. The molecule has 1 aliphatic heterocycles. The number of carbonyl (C=O) groups is 1. The summed E-state index contributed by atoms with van der Waals surface area (Å²) in [5.74, 6) is -0.0236. The normalized spacial score (nSPS) is 14.2. The second kappa shape index (κ2) is 11.4.